The molecule has 0 saturated carbocycles. The Morgan fingerprint density at radius 2 is 2.03 bits per heavy atom. The van der Waals surface area contributed by atoms with E-state index in [1.807, 2.05) is 71.2 Å². The first-order valence-corrected chi connectivity index (χ1v) is 11.2. The Hall–Kier alpha value is -3.64. The summed E-state index contributed by atoms with van der Waals surface area (Å²) < 4.78 is 8.06. The van der Waals surface area contributed by atoms with Crippen LogP contribution < -0.4 is 4.74 Å². The summed E-state index contributed by atoms with van der Waals surface area (Å²) in [7, 11) is 0. The molecule has 2 aromatic carbocycles. The van der Waals surface area contributed by atoms with E-state index in [1.54, 1.807) is 6.20 Å². The summed E-state index contributed by atoms with van der Waals surface area (Å²) in [6, 6.07) is 15.6. The smallest absolute Gasteiger partial charge is 0.246 e. The van der Waals surface area contributed by atoms with Crippen molar-refractivity contribution in [2.24, 2.45) is 0 Å². The summed E-state index contributed by atoms with van der Waals surface area (Å²) in [6.45, 7) is 6.86. The lowest BCUT2D eigenvalue weighted by molar-refractivity contribution is -0.125. The van der Waals surface area contributed by atoms with Crippen molar-refractivity contribution in [2.45, 2.75) is 19.4 Å². The number of halogens is 1. The van der Waals surface area contributed by atoms with Crippen LogP contribution in [0.5, 0.6) is 11.5 Å². The molecule has 1 saturated heterocycles. The maximum Gasteiger partial charge on any atom is 0.246 e. The van der Waals surface area contributed by atoms with E-state index in [1.165, 1.54) is 6.08 Å². The van der Waals surface area contributed by atoms with Gasteiger partial charge < -0.3 is 9.64 Å². The summed E-state index contributed by atoms with van der Waals surface area (Å²) in [5.41, 5.74) is 3.74. The average molecular weight is 459 g/mol. The van der Waals surface area contributed by atoms with Crippen LogP contribution in [-0.4, -0.2) is 38.7 Å². The molecule has 7 heteroatoms. The van der Waals surface area contributed by atoms with Crippen LogP contribution in [0.4, 0.5) is 0 Å². The number of amides is 1. The number of benzene rings is 2. The van der Waals surface area contributed by atoms with Gasteiger partial charge in [0.15, 0.2) is 0 Å². The van der Waals surface area contributed by atoms with Gasteiger partial charge >= 0.3 is 0 Å². The minimum Gasteiger partial charge on any atom is -0.457 e. The van der Waals surface area contributed by atoms with Gasteiger partial charge in [0.25, 0.3) is 0 Å². The van der Waals surface area contributed by atoms with Gasteiger partial charge in [0.05, 0.1) is 11.6 Å². The summed E-state index contributed by atoms with van der Waals surface area (Å²) in [5, 5.41) is 6.61. The second kappa shape index (κ2) is 8.71. The molecule has 4 aromatic rings. The van der Waals surface area contributed by atoms with Crippen LogP contribution in [-0.2, 0) is 4.79 Å². The average Bonchev–Trinajstić information content (AvgIpc) is 3.47. The molecule has 0 aliphatic carbocycles. The number of ether oxygens (including phenoxy) is 1. The third-order valence-electron chi connectivity index (χ3n) is 6.08. The molecule has 33 heavy (non-hydrogen) atoms. The normalized spacial score (nSPS) is 15.7. The zero-order valence-corrected chi connectivity index (χ0v) is 19.0. The molecule has 5 rings (SSSR count). The molecule has 0 spiro atoms. The molecule has 1 aliphatic heterocycles. The molecule has 1 unspecified atom stereocenters. The van der Waals surface area contributed by atoms with E-state index in [9.17, 15) is 4.79 Å². The summed E-state index contributed by atoms with van der Waals surface area (Å²) in [6.07, 6.45) is 5.84. The molecule has 1 aliphatic rings. The number of carbonyl (C=O) groups is 1. The first kappa shape index (κ1) is 21.2. The molecular weight excluding hydrogens is 436 g/mol. The summed E-state index contributed by atoms with van der Waals surface area (Å²) >= 11 is 6.21. The van der Waals surface area contributed by atoms with E-state index < -0.39 is 0 Å². The van der Waals surface area contributed by atoms with Gasteiger partial charge in [0.1, 0.15) is 17.2 Å². The Bertz CT molecular complexity index is 1350. The lowest BCUT2D eigenvalue weighted by Crippen LogP contribution is -2.27. The van der Waals surface area contributed by atoms with Crippen molar-refractivity contribution in [1.29, 1.82) is 0 Å². The zero-order valence-electron chi connectivity index (χ0n) is 18.2. The maximum atomic E-state index is 12.0. The van der Waals surface area contributed by atoms with Crippen LogP contribution in [0.1, 0.15) is 18.0 Å². The summed E-state index contributed by atoms with van der Waals surface area (Å²) in [5.74, 6) is 1.41. The molecule has 0 N–H and O–H groups in total. The molecule has 2 aromatic heterocycles. The fourth-order valence-electron chi connectivity index (χ4n) is 4.25. The number of nitrogens with zero attached hydrogens (tertiary/aromatic N) is 4. The van der Waals surface area contributed by atoms with Crippen LogP contribution in [0.25, 0.3) is 22.2 Å². The van der Waals surface area contributed by atoms with Crippen LogP contribution in [0.2, 0.25) is 5.02 Å². The van der Waals surface area contributed by atoms with Gasteiger partial charge in [-0.05, 0) is 61.9 Å². The van der Waals surface area contributed by atoms with Crippen molar-refractivity contribution in [3.05, 3.63) is 84.2 Å². The van der Waals surface area contributed by atoms with Crippen LogP contribution >= 0.6 is 11.6 Å². The molecule has 1 atom stereocenters. The van der Waals surface area contributed by atoms with Gasteiger partial charge in [0.2, 0.25) is 5.91 Å². The Morgan fingerprint density at radius 3 is 2.82 bits per heavy atom. The predicted molar refractivity (Wildman–Crippen MR) is 130 cm³/mol. The van der Waals surface area contributed by atoms with E-state index in [-0.39, 0.29) is 11.9 Å². The molecule has 1 amide bonds. The van der Waals surface area contributed by atoms with Crippen molar-refractivity contribution < 1.29 is 9.53 Å². The van der Waals surface area contributed by atoms with Crippen LogP contribution in [0.3, 0.4) is 0 Å². The highest BCUT2D eigenvalue weighted by molar-refractivity contribution is 6.31. The van der Waals surface area contributed by atoms with Crippen LogP contribution in [0, 0.1) is 6.92 Å². The van der Waals surface area contributed by atoms with Crippen molar-refractivity contribution in [1.82, 2.24) is 19.7 Å². The number of hydrogen-bond donors (Lipinski definition) is 0. The minimum atomic E-state index is -0.0404. The van der Waals surface area contributed by atoms with E-state index in [0.29, 0.717) is 18.1 Å². The fourth-order valence-corrected chi connectivity index (χ4v) is 4.42. The highest BCUT2D eigenvalue weighted by Gasteiger charge is 2.28. The van der Waals surface area contributed by atoms with Crippen LogP contribution in [0.15, 0.2) is 73.6 Å². The molecule has 0 bridgehead atoms. The molecule has 166 valence electrons. The Morgan fingerprint density at radius 1 is 1.21 bits per heavy atom. The quantitative estimate of drug-likeness (QED) is 0.354. The van der Waals surface area contributed by atoms with Gasteiger partial charge in [-0.15, -0.1) is 0 Å². The molecule has 1 fully saturated rings. The lowest BCUT2D eigenvalue weighted by Gasteiger charge is -2.15. The number of pyridine rings is 1. The van der Waals surface area contributed by atoms with E-state index >= 15 is 0 Å². The van der Waals surface area contributed by atoms with Gasteiger partial charge in [-0.1, -0.05) is 24.2 Å². The minimum absolute atomic E-state index is 0.0404. The Labute approximate surface area is 197 Å². The van der Waals surface area contributed by atoms with E-state index in [4.69, 9.17) is 21.4 Å². The standard InChI is InChI=1S/C26H23ClN4O2/c1-3-25(32)30-14-12-19(16-30)31-23-11-13-28-15-21(23)26(29-31)18-7-9-20(10-8-18)33-24-6-4-5-22(27)17(24)2/h3-11,13,15,19H,1,12,14,16H2,2H3. The molecule has 0 radical (unpaired) electrons. The van der Waals surface area contributed by atoms with Gasteiger partial charge in [-0.3, -0.25) is 14.5 Å². The third-order valence-corrected chi connectivity index (χ3v) is 6.49. The maximum absolute atomic E-state index is 12.0. The number of carbonyl (C=O) groups excluding carboxylic acids is 1. The van der Waals surface area contributed by atoms with E-state index in [0.717, 1.165) is 45.6 Å². The number of likely N-dealkylation sites (tertiary alicyclic amines) is 1. The summed E-state index contributed by atoms with van der Waals surface area (Å²) in [4.78, 5) is 18.2. The van der Waals surface area contributed by atoms with Crippen molar-refractivity contribution in [3.8, 4) is 22.8 Å². The number of aromatic nitrogens is 3. The topological polar surface area (TPSA) is 60.2 Å². The number of fused-ring (bicyclic) bond motifs is 1. The van der Waals surface area contributed by atoms with E-state index in [2.05, 4.69) is 11.6 Å². The second-order valence-electron chi connectivity index (χ2n) is 8.11. The number of hydrogen-bond acceptors (Lipinski definition) is 4. The third kappa shape index (κ3) is 3.98. The molecular formula is C26H23ClN4O2. The number of rotatable bonds is 5. The Kier molecular flexibility index (Phi) is 5.60. The zero-order chi connectivity index (χ0) is 22.9. The SMILES string of the molecule is C=CC(=O)N1CCC(n2nc(-c3ccc(Oc4cccc(Cl)c4C)cc3)c3cnccc32)C1. The van der Waals surface area contributed by atoms with Gasteiger partial charge in [0, 0.05) is 47.0 Å². The molecule has 3 heterocycles. The van der Waals surface area contributed by atoms with Gasteiger partial charge in [-0.25, -0.2) is 0 Å². The van der Waals surface area contributed by atoms with Crippen molar-refractivity contribution in [3.63, 3.8) is 0 Å². The monoisotopic (exact) mass is 458 g/mol. The Balaban J connectivity index is 1.45. The largest absolute Gasteiger partial charge is 0.457 e. The predicted octanol–water partition coefficient (Wildman–Crippen LogP) is 5.81. The second-order valence-corrected chi connectivity index (χ2v) is 8.51. The first-order valence-electron chi connectivity index (χ1n) is 10.8. The molecule has 6 nitrogen and oxygen atoms in total. The van der Waals surface area contributed by atoms with Crippen molar-refractivity contribution in [2.75, 3.05) is 13.1 Å². The first-order chi connectivity index (χ1) is 16.0. The highest BCUT2D eigenvalue weighted by atomic mass is 35.5. The highest BCUT2D eigenvalue weighted by Crippen LogP contribution is 2.34. The lowest BCUT2D eigenvalue weighted by atomic mass is 10.1. The van der Waals surface area contributed by atoms with Crippen molar-refractivity contribution >= 4 is 28.4 Å². The van der Waals surface area contributed by atoms with Gasteiger partial charge in [-0.2, -0.15) is 5.10 Å². The fraction of sp³-hybridized carbons (Fsp3) is 0.192.